The second-order valence-electron chi connectivity index (χ2n) is 7.31. The highest BCUT2D eigenvalue weighted by Gasteiger charge is 2.35. The zero-order valence-corrected chi connectivity index (χ0v) is 17.3. The lowest BCUT2D eigenvalue weighted by Gasteiger charge is -2.09. The third-order valence-corrected chi connectivity index (χ3v) is 6.82. The average molecular weight is 423 g/mol. The van der Waals surface area contributed by atoms with E-state index in [4.69, 9.17) is 0 Å². The Kier molecular flexibility index (Phi) is 5.18. The van der Waals surface area contributed by atoms with Crippen LogP contribution in [0.4, 0.5) is 5.69 Å². The van der Waals surface area contributed by atoms with Crippen LogP contribution < -0.4 is 10.3 Å². The molecule has 0 bridgehead atoms. The van der Waals surface area contributed by atoms with Crippen LogP contribution in [0.25, 0.3) is 16.8 Å². The SMILES string of the molecule is CCCn1cc(-n2cc(-c3ccc(NS(=O)(=O)C4CC4)cc3C#N)cn2)ccc1=O. The van der Waals surface area contributed by atoms with Gasteiger partial charge in [-0.1, -0.05) is 13.0 Å². The molecule has 1 aliphatic rings. The van der Waals surface area contributed by atoms with Gasteiger partial charge in [-0.3, -0.25) is 9.52 Å². The Morgan fingerprint density at radius 1 is 1.23 bits per heavy atom. The third kappa shape index (κ3) is 4.00. The van der Waals surface area contributed by atoms with E-state index in [1.807, 2.05) is 6.92 Å². The van der Waals surface area contributed by atoms with E-state index >= 15 is 0 Å². The molecule has 1 aromatic carbocycles. The lowest BCUT2D eigenvalue weighted by Crippen LogP contribution is -2.19. The predicted octanol–water partition coefficient (Wildman–Crippen LogP) is 2.89. The van der Waals surface area contributed by atoms with Gasteiger partial charge in [-0.2, -0.15) is 10.4 Å². The molecule has 0 amide bonds. The number of hydrogen-bond donors (Lipinski definition) is 1. The van der Waals surface area contributed by atoms with Crippen molar-refractivity contribution in [2.24, 2.45) is 0 Å². The minimum atomic E-state index is -3.39. The number of aryl methyl sites for hydroxylation is 1. The molecule has 2 heterocycles. The van der Waals surface area contributed by atoms with Crippen molar-refractivity contribution in [2.45, 2.75) is 38.0 Å². The smallest absolute Gasteiger partial charge is 0.250 e. The average Bonchev–Trinajstić information content (AvgIpc) is 3.49. The molecule has 0 aliphatic heterocycles. The van der Waals surface area contributed by atoms with Crippen molar-refractivity contribution in [3.05, 3.63) is 64.8 Å². The highest BCUT2D eigenvalue weighted by atomic mass is 32.2. The van der Waals surface area contributed by atoms with Crippen LogP contribution in [0.15, 0.2) is 53.7 Å². The molecule has 154 valence electrons. The fourth-order valence-corrected chi connectivity index (χ4v) is 4.63. The number of nitriles is 1. The van der Waals surface area contributed by atoms with Crippen molar-refractivity contribution in [2.75, 3.05) is 4.72 Å². The lowest BCUT2D eigenvalue weighted by molar-refractivity contribution is 0.600. The van der Waals surface area contributed by atoms with Crippen LogP contribution in [0.2, 0.25) is 0 Å². The summed E-state index contributed by atoms with van der Waals surface area (Å²) in [6.07, 6.45) is 7.35. The quantitative estimate of drug-likeness (QED) is 0.628. The summed E-state index contributed by atoms with van der Waals surface area (Å²) in [6, 6.07) is 10.2. The van der Waals surface area contributed by atoms with Crippen LogP contribution >= 0.6 is 0 Å². The van der Waals surface area contributed by atoms with Gasteiger partial charge in [-0.15, -0.1) is 0 Å². The van der Waals surface area contributed by atoms with Gasteiger partial charge in [0.2, 0.25) is 10.0 Å². The molecule has 1 saturated carbocycles. The van der Waals surface area contributed by atoms with E-state index in [2.05, 4.69) is 15.9 Å². The fraction of sp³-hybridized carbons (Fsp3) is 0.286. The number of anilines is 1. The predicted molar refractivity (Wildman–Crippen MR) is 114 cm³/mol. The Bertz CT molecular complexity index is 1300. The maximum atomic E-state index is 12.1. The molecule has 1 N–H and O–H groups in total. The molecule has 0 radical (unpaired) electrons. The molecule has 8 nitrogen and oxygen atoms in total. The Morgan fingerprint density at radius 3 is 2.73 bits per heavy atom. The van der Waals surface area contributed by atoms with Crippen molar-refractivity contribution < 1.29 is 8.42 Å². The number of rotatable bonds is 7. The number of pyridine rings is 1. The zero-order chi connectivity index (χ0) is 21.3. The van der Waals surface area contributed by atoms with Gasteiger partial charge in [0, 0.05) is 41.8 Å². The monoisotopic (exact) mass is 423 g/mol. The van der Waals surface area contributed by atoms with Crippen molar-refractivity contribution in [1.29, 1.82) is 5.26 Å². The number of aromatic nitrogens is 3. The van der Waals surface area contributed by atoms with Crippen LogP contribution in [0, 0.1) is 11.3 Å². The van der Waals surface area contributed by atoms with E-state index < -0.39 is 10.0 Å². The first kappa shape index (κ1) is 19.9. The molecular formula is C21H21N5O3S. The van der Waals surface area contributed by atoms with Crippen LogP contribution in [0.5, 0.6) is 0 Å². The third-order valence-electron chi connectivity index (χ3n) is 4.95. The second-order valence-corrected chi connectivity index (χ2v) is 9.27. The standard InChI is InChI=1S/C21H21N5O3S/c1-2-9-25-14-18(4-8-21(25)27)26-13-16(12-23-26)20-7-3-17(10-15(20)11-22)24-30(28,29)19-5-6-19/h3-4,7-8,10,12-14,19,24H,2,5-6,9H2,1H3. The number of benzene rings is 1. The molecule has 0 atom stereocenters. The molecule has 1 aliphatic carbocycles. The van der Waals surface area contributed by atoms with Crippen molar-refractivity contribution in [3.8, 4) is 22.9 Å². The number of nitrogens with zero attached hydrogens (tertiary/aromatic N) is 4. The summed E-state index contributed by atoms with van der Waals surface area (Å²) in [7, 11) is -3.39. The minimum Gasteiger partial charge on any atom is -0.313 e. The molecule has 0 unspecified atom stereocenters. The van der Waals surface area contributed by atoms with Gasteiger partial charge in [-0.05, 0) is 37.5 Å². The molecule has 0 spiro atoms. The summed E-state index contributed by atoms with van der Waals surface area (Å²) >= 11 is 0. The molecule has 4 rings (SSSR count). The lowest BCUT2D eigenvalue weighted by atomic mass is 10.0. The van der Waals surface area contributed by atoms with E-state index in [1.54, 1.807) is 46.0 Å². The number of nitrogens with one attached hydrogen (secondary N) is 1. The first-order valence-electron chi connectivity index (χ1n) is 9.73. The molecule has 3 aromatic rings. The summed E-state index contributed by atoms with van der Waals surface area (Å²) in [6.45, 7) is 2.63. The summed E-state index contributed by atoms with van der Waals surface area (Å²) in [4.78, 5) is 11.9. The van der Waals surface area contributed by atoms with Gasteiger partial charge in [-0.25, -0.2) is 13.1 Å². The van der Waals surface area contributed by atoms with Gasteiger partial charge < -0.3 is 4.57 Å². The van der Waals surface area contributed by atoms with Crippen LogP contribution in [0.1, 0.15) is 31.7 Å². The van der Waals surface area contributed by atoms with Gasteiger partial charge in [0.25, 0.3) is 5.56 Å². The summed E-state index contributed by atoms with van der Waals surface area (Å²) < 4.78 is 30.1. The van der Waals surface area contributed by atoms with Gasteiger partial charge in [0.1, 0.15) is 0 Å². The Morgan fingerprint density at radius 2 is 2.03 bits per heavy atom. The zero-order valence-electron chi connectivity index (χ0n) is 16.4. The van der Waals surface area contributed by atoms with Crippen LogP contribution in [-0.4, -0.2) is 28.0 Å². The van der Waals surface area contributed by atoms with E-state index in [0.29, 0.717) is 36.2 Å². The second kappa shape index (κ2) is 7.80. The molecule has 1 fully saturated rings. The number of hydrogen-bond acceptors (Lipinski definition) is 5. The molecule has 2 aromatic heterocycles. The molecule has 0 saturated heterocycles. The largest absolute Gasteiger partial charge is 0.313 e. The highest BCUT2D eigenvalue weighted by Crippen LogP contribution is 2.31. The van der Waals surface area contributed by atoms with E-state index in [-0.39, 0.29) is 10.8 Å². The van der Waals surface area contributed by atoms with Gasteiger partial charge in [0.05, 0.1) is 28.8 Å². The molecule has 9 heteroatoms. The van der Waals surface area contributed by atoms with E-state index in [1.165, 1.54) is 12.1 Å². The Balaban J connectivity index is 1.64. The molecule has 30 heavy (non-hydrogen) atoms. The molecular weight excluding hydrogens is 402 g/mol. The maximum Gasteiger partial charge on any atom is 0.250 e. The highest BCUT2D eigenvalue weighted by molar-refractivity contribution is 7.93. The van der Waals surface area contributed by atoms with Crippen LogP contribution in [0.3, 0.4) is 0 Å². The summed E-state index contributed by atoms with van der Waals surface area (Å²) in [5.74, 6) is 0. The normalized spacial score (nSPS) is 13.7. The van der Waals surface area contributed by atoms with E-state index in [0.717, 1.165) is 17.7 Å². The van der Waals surface area contributed by atoms with Crippen molar-refractivity contribution in [3.63, 3.8) is 0 Å². The van der Waals surface area contributed by atoms with Gasteiger partial charge in [0.15, 0.2) is 0 Å². The van der Waals surface area contributed by atoms with Gasteiger partial charge >= 0.3 is 0 Å². The first-order valence-corrected chi connectivity index (χ1v) is 11.3. The summed E-state index contributed by atoms with van der Waals surface area (Å²) in [5, 5.41) is 13.6. The minimum absolute atomic E-state index is 0.0658. The Labute approximate surface area is 174 Å². The maximum absolute atomic E-state index is 12.1. The topological polar surface area (TPSA) is 110 Å². The first-order chi connectivity index (χ1) is 14.4. The van der Waals surface area contributed by atoms with E-state index in [9.17, 15) is 18.5 Å². The van der Waals surface area contributed by atoms with Crippen molar-refractivity contribution in [1.82, 2.24) is 14.3 Å². The summed E-state index contributed by atoms with van der Waals surface area (Å²) in [5.41, 5.74) is 2.77. The van der Waals surface area contributed by atoms with Crippen molar-refractivity contribution >= 4 is 15.7 Å². The number of sulfonamides is 1. The Hall–Kier alpha value is -3.38. The fourth-order valence-electron chi connectivity index (χ4n) is 3.25. The van der Waals surface area contributed by atoms with Crippen LogP contribution in [-0.2, 0) is 16.6 Å².